The van der Waals surface area contributed by atoms with Crippen LogP contribution in [0.2, 0.25) is 0 Å². The molecule has 1 atom stereocenters. The molecule has 1 unspecified atom stereocenters. The Morgan fingerprint density at radius 2 is 1.97 bits per heavy atom. The number of pyridine rings is 1. The molecule has 0 bridgehead atoms. The zero-order valence-corrected chi connectivity index (χ0v) is 19.3. The summed E-state index contributed by atoms with van der Waals surface area (Å²) in [4.78, 5) is 20.6. The van der Waals surface area contributed by atoms with Gasteiger partial charge in [0.15, 0.2) is 0 Å². The van der Waals surface area contributed by atoms with Gasteiger partial charge in [0, 0.05) is 37.9 Å². The molecule has 0 spiro atoms. The van der Waals surface area contributed by atoms with E-state index in [1.54, 1.807) is 7.11 Å². The lowest BCUT2D eigenvalue weighted by Crippen LogP contribution is -2.52. The monoisotopic (exact) mass is 444 g/mol. The van der Waals surface area contributed by atoms with E-state index in [1.807, 2.05) is 24.4 Å². The fraction of sp³-hybridized carbons (Fsp3) is 0.429. The number of hydrogen-bond donors (Lipinski definition) is 0. The number of amides is 1. The van der Waals surface area contributed by atoms with Crippen LogP contribution in [0.4, 0.5) is 0 Å². The Morgan fingerprint density at radius 3 is 2.76 bits per heavy atom. The Hall–Kier alpha value is -2.92. The number of aromatic nitrogens is 1. The van der Waals surface area contributed by atoms with Gasteiger partial charge in [0.1, 0.15) is 5.75 Å². The fourth-order valence-corrected chi connectivity index (χ4v) is 5.56. The third-order valence-corrected chi connectivity index (χ3v) is 7.40. The molecule has 1 amide bonds. The van der Waals surface area contributed by atoms with Crippen LogP contribution in [0.3, 0.4) is 0 Å². The van der Waals surface area contributed by atoms with Gasteiger partial charge in [0.25, 0.3) is 0 Å². The second-order valence-electron chi connectivity index (χ2n) is 9.42. The third-order valence-electron chi connectivity index (χ3n) is 7.40. The van der Waals surface area contributed by atoms with E-state index in [9.17, 15) is 4.79 Å². The number of nitrogens with zero attached hydrogens (tertiary/aromatic N) is 2. The van der Waals surface area contributed by atoms with Crippen molar-refractivity contribution in [3.05, 3.63) is 71.9 Å². The minimum atomic E-state index is -0.499. The molecule has 0 saturated carbocycles. The van der Waals surface area contributed by atoms with E-state index in [4.69, 9.17) is 9.47 Å². The van der Waals surface area contributed by atoms with Crippen molar-refractivity contribution >= 4 is 16.8 Å². The van der Waals surface area contributed by atoms with Crippen molar-refractivity contribution in [2.75, 3.05) is 33.4 Å². The molecule has 5 heteroatoms. The Balaban J connectivity index is 1.34. The fourth-order valence-electron chi connectivity index (χ4n) is 5.56. The molecule has 33 heavy (non-hydrogen) atoms. The van der Waals surface area contributed by atoms with E-state index in [-0.39, 0.29) is 5.91 Å². The number of rotatable bonds is 5. The van der Waals surface area contributed by atoms with Gasteiger partial charge in [-0.3, -0.25) is 9.78 Å². The average Bonchev–Trinajstić information content (AvgIpc) is 2.89. The minimum Gasteiger partial charge on any atom is -0.497 e. The molecule has 0 N–H and O–H groups in total. The van der Waals surface area contributed by atoms with Crippen LogP contribution in [0.5, 0.6) is 5.75 Å². The van der Waals surface area contributed by atoms with Crippen molar-refractivity contribution in [3.8, 4) is 5.75 Å². The number of piperidine rings is 1. The standard InChI is InChI=1S/C28H32N2O3/c1-32-25-9-7-24(8-10-25)28(12-16-33-17-13-28)27(31)30-15-3-4-22(20-30)18-21-6-11-26-23(19-21)5-2-14-29-26/h2,5-11,14,19,22H,3-4,12-13,15-18,20H2,1H3. The molecule has 2 saturated heterocycles. The van der Waals surface area contributed by atoms with Gasteiger partial charge in [-0.15, -0.1) is 0 Å². The first-order chi connectivity index (χ1) is 16.2. The Bertz CT molecular complexity index is 1110. The number of benzene rings is 2. The number of fused-ring (bicyclic) bond motifs is 1. The topological polar surface area (TPSA) is 51.7 Å². The van der Waals surface area contributed by atoms with E-state index in [0.717, 1.165) is 62.0 Å². The molecule has 2 aliphatic rings. The normalized spacial score (nSPS) is 20.5. The predicted octanol–water partition coefficient (Wildman–Crippen LogP) is 4.77. The zero-order chi connectivity index (χ0) is 22.7. The van der Waals surface area contributed by atoms with Crippen LogP contribution in [0.25, 0.3) is 10.9 Å². The summed E-state index contributed by atoms with van der Waals surface area (Å²) in [6.45, 7) is 2.92. The first-order valence-corrected chi connectivity index (χ1v) is 12.0. The molecule has 2 aliphatic heterocycles. The molecule has 172 valence electrons. The van der Waals surface area contributed by atoms with Gasteiger partial charge < -0.3 is 14.4 Å². The van der Waals surface area contributed by atoms with E-state index in [2.05, 4.69) is 46.3 Å². The highest BCUT2D eigenvalue weighted by atomic mass is 16.5. The summed E-state index contributed by atoms with van der Waals surface area (Å²) in [6.07, 6.45) is 6.51. The number of hydrogen-bond acceptors (Lipinski definition) is 4. The molecule has 2 aromatic carbocycles. The molecule has 0 aliphatic carbocycles. The van der Waals surface area contributed by atoms with Crippen LogP contribution in [-0.4, -0.2) is 49.2 Å². The quantitative estimate of drug-likeness (QED) is 0.569. The molecule has 1 aromatic heterocycles. The Labute approximate surface area is 195 Å². The summed E-state index contributed by atoms with van der Waals surface area (Å²) < 4.78 is 11.0. The van der Waals surface area contributed by atoms with E-state index >= 15 is 0 Å². The summed E-state index contributed by atoms with van der Waals surface area (Å²) in [6, 6.07) is 18.7. The highest BCUT2D eigenvalue weighted by Crippen LogP contribution is 2.38. The molecule has 3 heterocycles. The summed E-state index contributed by atoms with van der Waals surface area (Å²) in [7, 11) is 1.67. The molecule has 5 rings (SSSR count). The van der Waals surface area contributed by atoms with Gasteiger partial charge in [-0.05, 0) is 79.5 Å². The van der Waals surface area contributed by atoms with Crippen LogP contribution < -0.4 is 4.74 Å². The number of likely N-dealkylation sites (tertiary alicyclic amines) is 1. The first-order valence-electron chi connectivity index (χ1n) is 12.0. The Kier molecular flexibility index (Phi) is 6.32. The number of carbonyl (C=O) groups excluding carboxylic acids is 1. The van der Waals surface area contributed by atoms with Gasteiger partial charge in [0.05, 0.1) is 18.0 Å². The van der Waals surface area contributed by atoms with E-state index in [0.29, 0.717) is 19.1 Å². The minimum absolute atomic E-state index is 0.267. The van der Waals surface area contributed by atoms with Gasteiger partial charge in [-0.25, -0.2) is 0 Å². The summed E-state index contributed by atoms with van der Waals surface area (Å²) >= 11 is 0. The molecule has 5 nitrogen and oxygen atoms in total. The lowest BCUT2D eigenvalue weighted by atomic mass is 9.72. The summed E-state index contributed by atoms with van der Waals surface area (Å²) in [5.41, 5.74) is 2.94. The van der Waals surface area contributed by atoms with Crippen molar-refractivity contribution in [1.29, 1.82) is 0 Å². The van der Waals surface area contributed by atoms with Crippen molar-refractivity contribution in [2.45, 2.75) is 37.5 Å². The molecule has 0 radical (unpaired) electrons. The maximum absolute atomic E-state index is 14.0. The highest BCUT2D eigenvalue weighted by Gasteiger charge is 2.44. The van der Waals surface area contributed by atoms with Crippen molar-refractivity contribution in [2.24, 2.45) is 5.92 Å². The lowest BCUT2D eigenvalue weighted by molar-refractivity contribution is -0.143. The Morgan fingerprint density at radius 1 is 1.15 bits per heavy atom. The third kappa shape index (κ3) is 4.47. The predicted molar refractivity (Wildman–Crippen MR) is 129 cm³/mol. The van der Waals surface area contributed by atoms with E-state index < -0.39 is 5.41 Å². The second kappa shape index (κ2) is 9.52. The lowest BCUT2D eigenvalue weighted by Gasteiger charge is -2.43. The maximum atomic E-state index is 14.0. The van der Waals surface area contributed by atoms with Crippen LogP contribution in [0.15, 0.2) is 60.8 Å². The van der Waals surface area contributed by atoms with Gasteiger partial charge >= 0.3 is 0 Å². The highest BCUT2D eigenvalue weighted by molar-refractivity contribution is 5.88. The largest absolute Gasteiger partial charge is 0.497 e. The van der Waals surface area contributed by atoms with Crippen molar-refractivity contribution < 1.29 is 14.3 Å². The summed E-state index contributed by atoms with van der Waals surface area (Å²) in [5, 5.41) is 1.18. The number of ether oxygens (including phenoxy) is 2. The smallest absolute Gasteiger partial charge is 0.233 e. The molecular weight excluding hydrogens is 412 g/mol. The van der Waals surface area contributed by atoms with Crippen LogP contribution >= 0.6 is 0 Å². The SMILES string of the molecule is COc1ccc(C2(C(=O)N3CCCC(Cc4ccc5ncccc5c4)C3)CCOCC2)cc1. The van der Waals surface area contributed by atoms with Crippen LogP contribution in [0.1, 0.15) is 36.8 Å². The van der Waals surface area contributed by atoms with Crippen molar-refractivity contribution in [3.63, 3.8) is 0 Å². The maximum Gasteiger partial charge on any atom is 0.233 e. The molecule has 3 aromatic rings. The second-order valence-corrected chi connectivity index (χ2v) is 9.42. The van der Waals surface area contributed by atoms with Crippen molar-refractivity contribution in [1.82, 2.24) is 9.88 Å². The number of methoxy groups -OCH3 is 1. The van der Waals surface area contributed by atoms with Crippen LogP contribution in [-0.2, 0) is 21.4 Å². The van der Waals surface area contributed by atoms with E-state index in [1.165, 1.54) is 10.9 Å². The average molecular weight is 445 g/mol. The van der Waals surface area contributed by atoms with Crippen LogP contribution in [0, 0.1) is 5.92 Å². The first kappa shape index (κ1) is 21.9. The summed E-state index contributed by atoms with van der Waals surface area (Å²) in [5.74, 6) is 1.56. The zero-order valence-electron chi connectivity index (χ0n) is 19.3. The molecule has 2 fully saturated rings. The number of carbonyl (C=O) groups is 1. The van der Waals surface area contributed by atoms with Gasteiger partial charge in [-0.1, -0.05) is 24.3 Å². The molecular formula is C28H32N2O3. The van der Waals surface area contributed by atoms with Gasteiger partial charge in [0.2, 0.25) is 5.91 Å². The van der Waals surface area contributed by atoms with Gasteiger partial charge in [-0.2, -0.15) is 0 Å².